The number of aliphatic hydroxyl groups excluding tert-OH is 1. The number of benzene rings is 1. The minimum Gasteiger partial charge on any atom is -0.390 e. The van der Waals surface area contributed by atoms with Crippen LogP contribution >= 0.6 is 0 Å². The minimum atomic E-state index is -3.47. The average molecular weight is 386 g/mol. The van der Waals surface area contributed by atoms with Crippen LogP contribution in [0.15, 0.2) is 30.3 Å². The van der Waals surface area contributed by atoms with E-state index >= 15 is 0 Å². The fraction of sp³-hybridized carbons (Fsp3) is 0.588. The van der Waals surface area contributed by atoms with Gasteiger partial charge in [-0.05, 0) is 26.0 Å². The fourth-order valence-electron chi connectivity index (χ4n) is 2.74. The van der Waals surface area contributed by atoms with Crippen molar-refractivity contribution in [2.45, 2.75) is 38.2 Å². The molecule has 0 spiro atoms. The van der Waals surface area contributed by atoms with E-state index < -0.39 is 38.8 Å². The zero-order valence-corrected chi connectivity index (χ0v) is 15.9. The molecule has 3 atom stereocenters. The van der Waals surface area contributed by atoms with Crippen LogP contribution in [0.2, 0.25) is 0 Å². The molecule has 0 saturated carbocycles. The summed E-state index contributed by atoms with van der Waals surface area (Å²) in [5, 5.41) is 20.6. The number of ether oxygens (including phenoxy) is 1. The first-order valence-corrected chi connectivity index (χ1v) is 9.95. The molecule has 1 heterocycles. The molecular weight excluding hydrogens is 360 g/mol. The lowest BCUT2D eigenvalue weighted by molar-refractivity contribution is -0.0940. The van der Waals surface area contributed by atoms with Gasteiger partial charge in [0, 0.05) is 17.5 Å². The largest absolute Gasteiger partial charge is 0.390 e. The molecule has 0 unspecified atom stereocenters. The van der Waals surface area contributed by atoms with E-state index in [0.717, 1.165) is 0 Å². The number of rotatable bonds is 7. The molecule has 0 radical (unpaired) electrons. The van der Waals surface area contributed by atoms with Gasteiger partial charge in [-0.2, -0.15) is 0 Å². The zero-order chi connectivity index (χ0) is 19.5. The molecule has 26 heavy (non-hydrogen) atoms. The summed E-state index contributed by atoms with van der Waals surface area (Å²) in [6.45, 7) is 4.65. The summed E-state index contributed by atoms with van der Waals surface area (Å²) < 4.78 is 31.6. The first kappa shape index (κ1) is 20.8. The molecule has 2 rings (SSSR count). The van der Waals surface area contributed by atoms with Gasteiger partial charge in [0.15, 0.2) is 0 Å². The quantitative estimate of drug-likeness (QED) is 0.467. The maximum atomic E-state index is 12.3. The maximum Gasteiger partial charge on any atom is 0.277 e. The molecule has 0 aromatic heterocycles. The fourth-order valence-corrected chi connectivity index (χ4v) is 3.47. The summed E-state index contributed by atoms with van der Waals surface area (Å²) in [6.07, 6.45) is -1.80. The van der Waals surface area contributed by atoms with E-state index in [-0.39, 0.29) is 19.7 Å². The van der Waals surface area contributed by atoms with Gasteiger partial charge in [0.05, 0.1) is 30.6 Å². The van der Waals surface area contributed by atoms with Gasteiger partial charge in [-0.1, -0.05) is 25.1 Å². The van der Waals surface area contributed by atoms with Gasteiger partial charge in [-0.3, -0.25) is 10.0 Å². The van der Waals surface area contributed by atoms with Crippen LogP contribution in [-0.2, 0) is 14.8 Å². The third-order valence-corrected chi connectivity index (χ3v) is 6.38. The molecule has 1 aliphatic heterocycles. The highest BCUT2D eigenvalue weighted by atomic mass is 32.2. The monoisotopic (exact) mass is 386 g/mol. The van der Waals surface area contributed by atoms with Crippen molar-refractivity contribution in [3.8, 4) is 0 Å². The van der Waals surface area contributed by atoms with Gasteiger partial charge in [0.2, 0.25) is 10.0 Å². The van der Waals surface area contributed by atoms with Crippen molar-refractivity contribution in [3.63, 3.8) is 0 Å². The Balaban J connectivity index is 1.98. The van der Waals surface area contributed by atoms with E-state index in [1.807, 2.05) is 0 Å². The van der Waals surface area contributed by atoms with E-state index in [0.29, 0.717) is 10.6 Å². The molecule has 1 aromatic carbocycles. The second kappa shape index (κ2) is 8.01. The number of hydroxylamine groups is 2. The Morgan fingerprint density at radius 2 is 2.00 bits per heavy atom. The van der Waals surface area contributed by atoms with E-state index in [4.69, 9.17) is 4.74 Å². The van der Waals surface area contributed by atoms with Gasteiger partial charge in [0.1, 0.15) is 0 Å². The summed E-state index contributed by atoms with van der Waals surface area (Å²) in [7, 11) is -3.47. The SMILES string of the molecule is CC(C)S(=O)(=O)NC[C@H]1OC[C@@](C)(CN(O)C(=O)c2ccccc2)[C@@H]1O. The van der Waals surface area contributed by atoms with Crippen molar-refractivity contribution >= 4 is 15.9 Å². The highest BCUT2D eigenvalue weighted by Crippen LogP contribution is 2.33. The molecule has 0 aliphatic carbocycles. The molecule has 8 nitrogen and oxygen atoms in total. The minimum absolute atomic E-state index is 0.0741. The predicted octanol–water partition coefficient (Wildman–Crippen LogP) is 0.612. The van der Waals surface area contributed by atoms with Crippen molar-refractivity contribution < 1.29 is 28.3 Å². The molecule has 1 saturated heterocycles. The molecule has 3 N–H and O–H groups in total. The third-order valence-electron chi connectivity index (χ3n) is 4.57. The van der Waals surface area contributed by atoms with E-state index in [1.165, 1.54) is 0 Å². The van der Waals surface area contributed by atoms with Crippen LogP contribution in [0, 0.1) is 5.41 Å². The topological polar surface area (TPSA) is 116 Å². The van der Waals surface area contributed by atoms with Gasteiger partial charge in [-0.15, -0.1) is 0 Å². The van der Waals surface area contributed by atoms with Gasteiger partial charge >= 0.3 is 0 Å². The standard InChI is InChI=1S/C17H26N2O6S/c1-12(2)26(23,24)18-9-14-15(20)17(3,11-25-14)10-19(22)16(21)13-7-5-4-6-8-13/h4-8,12,14-15,18,20,22H,9-11H2,1-3H3/t14-,15-,17-/m1/s1. The molecule has 9 heteroatoms. The summed E-state index contributed by atoms with van der Waals surface area (Å²) in [5.74, 6) is -0.581. The lowest BCUT2D eigenvalue weighted by Crippen LogP contribution is -2.48. The van der Waals surface area contributed by atoms with E-state index in [9.17, 15) is 23.5 Å². The van der Waals surface area contributed by atoms with Gasteiger partial charge in [0.25, 0.3) is 5.91 Å². The number of carbonyl (C=O) groups excluding carboxylic acids is 1. The molecule has 0 bridgehead atoms. The van der Waals surface area contributed by atoms with Crippen LogP contribution < -0.4 is 4.72 Å². The number of carbonyl (C=O) groups is 1. The summed E-state index contributed by atoms with van der Waals surface area (Å²) in [4.78, 5) is 12.3. The van der Waals surface area contributed by atoms with Crippen molar-refractivity contribution in [2.75, 3.05) is 19.7 Å². The van der Waals surface area contributed by atoms with Crippen LogP contribution in [-0.4, -0.2) is 66.9 Å². The Hall–Kier alpha value is -1.52. The summed E-state index contributed by atoms with van der Waals surface area (Å²) in [6, 6.07) is 8.30. The number of nitrogens with zero attached hydrogens (tertiary/aromatic N) is 1. The van der Waals surface area contributed by atoms with Gasteiger partial charge < -0.3 is 9.84 Å². The number of hydrogen-bond donors (Lipinski definition) is 3. The van der Waals surface area contributed by atoms with Crippen molar-refractivity contribution in [2.24, 2.45) is 5.41 Å². The Labute approximate surface area is 153 Å². The molecule has 146 valence electrons. The number of nitrogens with one attached hydrogen (secondary N) is 1. The normalized spacial score (nSPS) is 26.2. The number of amides is 1. The Morgan fingerprint density at radius 1 is 1.38 bits per heavy atom. The Bertz CT molecular complexity index is 724. The lowest BCUT2D eigenvalue weighted by Gasteiger charge is -2.31. The summed E-state index contributed by atoms with van der Waals surface area (Å²) >= 11 is 0. The van der Waals surface area contributed by atoms with E-state index in [2.05, 4.69) is 4.72 Å². The number of aliphatic hydroxyl groups is 1. The molecule has 1 aliphatic rings. The predicted molar refractivity (Wildman–Crippen MR) is 95.2 cm³/mol. The molecular formula is C17H26N2O6S. The maximum absolute atomic E-state index is 12.3. The van der Waals surface area contributed by atoms with E-state index in [1.54, 1.807) is 51.1 Å². The van der Waals surface area contributed by atoms with Crippen molar-refractivity contribution in [1.29, 1.82) is 0 Å². The van der Waals surface area contributed by atoms with Gasteiger partial charge in [-0.25, -0.2) is 18.2 Å². The van der Waals surface area contributed by atoms with Crippen LogP contribution in [0.25, 0.3) is 0 Å². The van der Waals surface area contributed by atoms with Crippen LogP contribution in [0.1, 0.15) is 31.1 Å². The molecule has 1 aromatic rings. The Morgan fingerprint density at radius 3 is 2.58 bits per heavy atom. The van der Waals surface area contributed by atoms with Crippen LogP contribution in [0.3, 0.4) is 0 Å². The van der Waals surface area contributed by atoms with Crippen molar-refractivity contribution in [3.05, 3.63) is 35.9 Å². The van der Waals surface area contributed by atoms with Crippen molar-refractivity contribution in [1.82, 2.24) is 9.79 Å². The average Bonchev–Trinajstić information content (AvgIpc) is 2.88. The highest BCUT2D eigenvalue weighted by molar-refractivity contribution is 7.90. The second-order valence-corrected chi connectivity index (χ2v) is 9.44. The first-order valence-electron chi connectivity index (χ1n) is 8.41. The summed E-state index contributed by atoms with van der Waals surface area (Å²) in [5.41, 5.74) is -0.596. The first-order chi connectivity index (χ1) is 12.1. The highest BCUT2D eigenvalue weighted by Gasteiger charge is 2.47. The molecule has 1 fully saturated rings. The smallest absolute Gasteiger partial charge is 0.277 e. The van der Waals surface area contributed by atoms with Crippen LogP contribution in [0.4, 0.5) is 0 Å². The molecule has 1 amide bonds. The zero-order valence-electron chi connectivity index (χ0n) is 15.1. The Kier molecular flexibility index (Phi) is 6.41. The lowest BCUT2D eigenvalue weighted by atomic mass is 9.84. The number of sulfonamides is 1. The number of hydrogen-bond acceptors (Lipinski definition) is 6. The second-order valence-electron chi connectivity index (χ2n) is 7.12. The third kappa shape index (κ3) is 4.60. The van der Waals surface area contributed by atoms with Crippen LogP contribution in [0.5, 0.6) is 0 Å².